The van der Waals surface area contributed by atoms with E-state index < -0.39 is 0 Å². The third-order valence-corrected chi connectivity index (χ3v) is 5.09. The number of amides is 1. The Morgan fingerprint density at radius 2 is 2.07 bits per heavy atom. The molecule has 3 aromatic rings. The Hall–Kier alpha value is -2.38. The Labute approximate surface area is 166 Å². The quantitative estimate of drug-likeness (QED) is 0.478. The molecule has 140 valence electrons. The Balaban J connectivity index is 1.79. The fourth-order valence-corrected chi connectivity index (χ4v) is 3.47. The number of pyridine rings is 1. The zero-order valence-electron chi connectivity index (χ0n) is 14.8. The summed E-state index contributed by atoms with van der Waals surface area (Å²) in [6, 6.07) is 10.6. The van der Waals surface area contributed by atoms with Crippen molar-refractivity contribution in [3.05, 3.63) is 58.0 Å². The number of aromatic nitrogens is 3. The molecule has 0 aliphatic rings. The predicted molar refractivity (Wildman–Crippen MR) is 110 cm³/mol. The number of nitrogens with zero attached hydrogens (tertiary/aromatic N) is 3. The van der Waals surface area contributed by atoms with Crippen molar-refractivity contribution in [2.75, 3.05) is 11.1 Å². The third kappa shape index (κ3) is 4.87. The Bertz CT molecular complexity index is 1000. The average molecular weight is 403 g/mol. The van der Waals surface area contributed by atoms with Crippen LogP contribution >= 0.6 is 23.4 Å². The lowest BCUT2D eigenvalue weighted by Crippen LogP contribution is -2.24. The van der Waals surface area contributed by atoms with Gasteiger partial charge in [0.25, 0.3) is 5.56 Å². The van der Waals surface area contributed by atoms with Gasteiger partial charge in [0.05, 0.1) is 21.7 Å². The van der Waals surface area contributed by atoms with Crippen LogP contribution in [0.4, 0.5) is 5.82 Å². The molecule has 0 radical (unpaired) electrons. The van der Waals surface area contributed by atoms with Crippen LogP contribution in [0.15, 0.2) is 52.5 Å². The van der Waals surface area contributed by atoms with Crippen LogP contribution in [0.3, 0.4) is 0 Å². The van der Waals surface area contributed by atoms with Gasteiger partial charge in [-0.1, -0.05) is 48.8 Å². The lowest BCUT2D eigenvalue weighted by atomic mass is 10.2. The topological polar surface area (TPSA) is 76.9 Å². The number of carbonyl (C=O) groups excluding carboxylic acids is 1. The average Bonchev–Trinajstić information content (AvgIpc) is 2.68. The highest BCUT2D eigenvalue weighted by Gasteiger charge is 2.13. The molecule has 1 aromatic carbocycles. The van der Waals surface area contributed by atoms with E-state index in [1.54, 1.807) is 22.8 Å². The van der Waals surface area contributed by atoms with E-state index in [-0.39, 0.29) is 17.2 Å². The van der Waals surface area contributed by atoms with Crippen molar-refractivity contribution in [2.45, 2.75) is 31.5 Å². The van der Waals surface area contributed by atoms with Gasteiger partial charge in [-0.25, -0.2) is 9.97 Å². The second-order valence-electron chi connectivity index (χ2n) is 5.92. The van der Waals surface area contributed by atoms with Crippen molar-refractivity contribution in [2.24, 2.45) is 0 Å². The van der Waals surface area contributed by atoms with Gasteiger partial charge in [0.15, 0.2) is 5.16 Å². The zero-order chi connectivity index (χ0) is 19.2. The maximum atomic E-state index is 12.8. The van der Waals surface area contributed by atoms with Crippen molar-refractivity contribution < 1.29 is 4.79 Å². The number of hydrogen-bond acceptors (Lipinski definition) is 5. The molecule has 6 nitrogen and oxygen atoms in total. The van der Waals surface area contributed by atoms with E-state index in [2.05, 4.69) is 22.2 Å². The number of anilines is 1. The molecular formula is C19H19ClN4O2S. The molecule has 0 saturated carbocycles. The number of thioether (sulfide) groups is 1. The molecular weight excluding hydrogens is 384 g/mol. The first kappa shape index (κ1) is 19.4. The van der Waals surface area contributed by atoms with Gasteiger partial charge >= 0.3 is 0 Å². The summed E-state index contributed by atoms with van der Waals surface area (Å²) in [4.78, 5) is 33.7. The summed E-state index contributed by atoms with van der Waals surface area (Å²) < 4.78 is 1.66. The number of carbonyl (C=O) groups is 1. The largest absolute Gasteiger partial charge is 0.310 e. The molecule has 8 heteroatoms. The van der Waals surface area contributed by atoms with Gasteiger partial charge in [0, 0.05) is 12.7 Å². The summed E-state index contributed by atoms with van der Waals surface area (Å²) in [6.07, 6.45) is 3.30. The van der Waals surface area contributed by atoms with Crippen molar-refractivity contribution in [1.82, 2.24) is 14.5 Å². The normalized spacial score (nSPS) is 10.9. The minimum Gasteiger partial charge on any atom is -0.310 e. The molecule has 2 aromatic heterocycles. The Morgan fingerprint density at radius 1 is 1.26 bits per heavy atom. The van der Waals surface area contributed by atoms with Gasteiger partial charge < -0.3 is 5.32 Å². The zero-order valence-corrected chi connectivity index (χ0v) is 16.4. The molecule has 0 spiro atoms. The van der Waals surface area contributed by atoms with Gasteiger partial charge in [0.1, 0.15) is 5.82 Å². The van der Waals surface area contributed by atoms with E-state index in [9.17, 15) is 9.59 Å². The predicted octanol–water partition coefficient (Wildman–Crippen LogP) is 3.98. The molecule has 0 bridgehead atoms. The van der Waals surface area contributed by atoms with Crippen molar-refractivity contribution in [1.29, 1.82) is 0 Å². The van der Waals surface area contributed by atoms with E-state index in [1.165, 1.54) is 18.0 Å². The van der Waals surface area contributed by atoms with E-state index in [0.717, 1.165) is 12.8 Å². The second-order valence-corrected chi connectivity index (χ2v) is 7.30. The number of unbranched alkanes of at least 4 members (excludes halogenated alkanes) is 1. The molecule has 0 atom stereocenters. The van der Waals surface area contributed by atoms with Gasteiger partial charge in [-0.2, -0.15) is 0 Å². The highest BCUT2D eigenvalue weighted by Crippen LogP contribution is 2.19. The SMILES string of the molecule is CCCCn1c(SCC(=O)Nc2ccc(Cl)cn2)nc2ccccc2c1=O. The third-order valence-electron chi connectivity index (χ3n) is 3.89. The molecule has 27 heavy (non-hydrogen) atoms. The number of benzene rings is 1. The fourth-order valence-electron chi connectivity index (χ4n) is 2.53. The molecule has 2 heterocycles. The molecule has 0 fully saturated rings. The van der Waals surface area contributed by atoms with Crippen LogP contribution in [0.5, 0.6) is 0 Å². The van der Waals surface area contributed by atoms with Gasteiger partial charge in [-0.15, -0.1) is 0 Å². The lowest BCUT2D eigenvalue weighted by molar-refractivity contribution is -0.113. The first-order valence-corrected chi connectivity index (χ1v) is 9.98. The summed E-state index contributed by atoms with van der Waals surface area (Å²) in [5.74, 6) is 0.334. The first-order chi connectivity index (χ1) is 13.1. The first-order valence-electron chi connectivity index (χ1n) is 8.62. The number of hydrogen-bond donors (Lipinski definition) is 1. The number of halogens is 1. The van der Waals surface area contributed by atoms with E-state index in [0.29, 0.717) is 33.4 Å². The lowest BCUT2D eigenvalue weighted by Gasteiger charge is -2.12. The molecule has 0 unspecified atom stereocenters. The molecule has 0 aliphatic heterocycles. The highest BCUT2D eigenvalue weighted by atomic mass is 35.5. The van der Waals surface area contributed by atoms with Gasteiger partial charge in [-0.3, -0.25) is 14.2 Å². The number of rotatable bonds is 7. The second kappa shape index (κ2) is 9.01. The maximum Gasteiger partial charge on any atom is 0.262 e. The monoisotopic (exact) mass is 402 g/mol. The highest BCUT2D eigenvalue weighted by molar-refractivity contribution is 7.99. The smallest absolute Gasteiger partial charge is 0.262 e. The van der Waals surface area contributed by atoms with Crippen LogP contribution in [-0.2, 0) is 11.3 Å². The summed E-state index contributed by atoms with van der Waals surface area (Å²) in [6.45, 7) is 2.65. The standard InChI is InChI=1S/C19H19ClN4O2S/c1-2-3-10-24-18(26)14-6-4-5-7-15(14)22-19(24)27-12-17(25)23-16-9-8-13(20)11-21-16/h4-9,11H,2-3,10,12H2,1H3,(H,21,23,25). The van der Waals surface area contributed by atoms with Crippen LogP contribution in [0.25, 0.3) is 10.9 Å². The molecule has 0 saturated heterocycles. The van der Waals surface area contributed by atoms with Crippen molar-refractivity contribution >= 4 is 46.0 Å². The molecule has 3 rings (SSSR count). The van der Waals surface area contributed by atoms with Gasteiger partial charge in [-0.05, 0) is 30.7 Å². The summed E-state index contributed by atoms with van der Waals surface area (Å²) in [5.41, 5.74) is 0.564. The minimum atomic E-state index is -0.223. The summed E-state index contributed by atoms with van der Waals surface area (Å²) in [5, 5.41) is 4.35. The van der Waals surface area contributed by atoms with E-state index >= 15 is 0 Å². The van der Waals surface area contributed by atoms with Crippen LogP contribution in [0.2, 0.25) is 5.02 Å². The van der Waals surface area contributed by atoms with Crippen LogP contribution in [-0.4, -0.2) is 26.2 Å². The van der Waals surface area contributed by atoms with E-state index in [4.69, 9.17) is 11.6 Å². The van der Waals surface area contributed by atoms with Gasteiger partial charge in [0.2, 0.25) is 5.91 Å². The number of fused-ring (bicyclic) bond motifs is 1. The Morgan fingerprint density at radius 3 is 2.81 bits per heavy atom. The molecule has 1 N–H and O–H groups in total. The molecule has 1 amide bonds. The van der Waals surface area contributed by atoms with E-state index in [1.807, 2.05) is 18.2 Å². The minimum absolute atomic E-state index is 0.0728. The van der Waals surface area contributed by atoms with Crippen molar-refractivity contribution in [3.63, 3.8) is 0 Å². The number of nitrogens with one attached hydrogen (secondary N) is 1. The van der Waals surface area contributed by atoms with Crippen LogP contribution in [0, 0.1) is 0 Å². The maximum absolute atomic E-state index is 12.8. The number of para-hydroxylation sites is 1. The summed E-state index contributed by atoms with van der Waals surface area (Å²) in [7, 11) is 0. The van der Waals surface area contributed by atoms with Crippen molar-refractivity contribution in [3.8, 4) is 0 Å². The summed E-state index contributed by atoms with van der Waals surface area (Å²) >= 11 is 7.03. The molecule has 0 aliphatic carbocycles. The van der Waals surface area contributed by atoms with Crippen LogP contribution < -0.4 is 10.9 Å². The van der Waals surface area contributed by atoms with Crippen LogP contribution in [0.1, 0.15) is 19.8 Å². The Kier molecular flexibility index (Phi) is 6.47. The fraction of sp³-hybridized carbons (Fsp3) is 0.263.